The summed E-state index contributed by atoms with van der Waals surface area (Å²) < 4.78 is 8.54. The van der Waals surface area contributed by atoms with E-state index in [9.17, 15) is 14.7 Å². The number of ether oxygens (including phenoxy) is 1. The summed E-state index contributed by atoms with van der Waals surface area (Å²) in [5.74, 6) is -1.01. The predicted molar refractivity (Wildman–Crippen MR) is 180 cm³/mol. The first kappa shape index (κ1) is 29.3. The highest BCUT2D eigenvalue weighted by Crippen LogP contribution is 2.45. The van der Waals surface area contributed by atoms with Crippen molar-refractivity contribution < 1.29 is 19.4 Å². The van der Waals surface area contributed by atoms with Gasteiger partial charge in [0.25, 0.3) is 0 Å². The summed E-state index contributed by atoms with van der Waals surface area (Å²) in [5, 5.41) is 11.9. The summed E-state index contributed by atoms with van der Waals surface area (Å²) in [6, 6.07) is 21.9. The standard InChI is InChI=1S/C35H32N4O4S2/c1-19-17-43-18-20(2)39(19)30(40)16-38-28-15-29(35(41)42)45-34(28)31(23-8-6-5-7-9-23)32(38)25-11-12-26-24(14-25)10-13-27(37-26)33-21(3)36-22(4)44-33/h5-15,19-20H,16-18H2,1-4H3,(H,41,42). The highest BCUT2D eigenvalue weighted by molar-refractivity contribution is 7.21. The van der Waals surface area contributed by atoms with Crippen LogP contribution in [0, 0.1) is 13.8 Å². The van der Waals surface area contributed by atoms with Gasteiger partial charge in [-0.2, -0.15) is 0 Å². The Kier molecular flexibility index (Phi) is 7.51. The number of carbonyl (C=O) groups excluding carboxylic acids is 1. The van der Waals surface area contributed by atoms with E-state index in [1.54, 1.807) is 17.4 Å². The van der Waals surface area contributed by atoms with Gasteiger partial charge in [-0.1, -0.05) is 42.5 Å². The predicted octanol–water partition coefficient (Wildman–Crippen LogP) is 7.66. The number of rotatable bonds is 6. The van der Waals surface area contributed by atoms with Crippen molar-refractivity contribution in [2.24, 2.45) is 0 Å². The van der Waals surface area contributed by atoms with Gasteiger partial charge in [0, 0.05) is 10.9 Å². The van der Waals surface area contributed by atoms with E-state index in [0.717, 1.165) is 64.8 Å². The van der Waals surface area contributed by atoms with Crippen LogP contribution < -0.4 is 0 Å². The molecule has 228 valence electrons. The molecule has 1 saturated heterocycles. The monoisotopic (exact) mass is 636 g/mol. The van der Waals surface area contributed by atoms with Crippen LogP contribution in [0.25, 0.3) is 54.1 Å². The first-order valence-electron chi connectivity index (χ1n) is 14.9. The minimum absolute atomic E-state index is 0.0264. The topological polar surface area (TPSA) is 97.5 Å². The summed E-state index contributed by atoms with van der Waals surface area (Å²) in [6.45, 7) is 9.06. The van der Waals surface area contributed by atoms with Gasteiger partial charge in [-0.15, -0.1) is 22.7 Å². The first-order chi connectivity index (χ1) is 21.7. The number of nitrogens with zero attached hydrogens (tertiary/aromatic N) is 4. The molecule has 1 aliphatic rings. The van der Waals surface area contributed by atoms with Gasteiger partial charge >= 0.3 is 5.97 Å². The van der Waals surface area contributed by atoms with Crippen LogP contribution in [0.15, 0.2) is 66.7 Å². The molecule has 2 aromatic carbocycles. The lowest BCUT2D eigenvalue weighted by atomic mass is 9.99. The van der Waals surface area contributed by atoms with Crippen molar-refractivity contribution in [1.29, 1.82) is 0 Å². The number of thiazole rings is 1. The highest BCUT2D eigenvalue weighted by Gasteiger charge is 2.32. The van der Waals surface area contributed by atoms with Crippen molar-refractivity contribution in [3.8, 4) is 33.0 Å². The lowest BCUT2D eigenvalue weighted by Crippen LogP contribution is -2.53. The molecular formula is C35H32N4O4S2. The maximum atomic E-state index is 14.0. The number of hydrogen-bond donors (Lipinski definition) is 1. The molecule has 1 fully saturated rings. The Morgan fingerprint density at radius 2 is 1.69 bits per heavy atom. The molecule has 6 aromatic rings. The zero-order valence-electron chi connectivity index (χ0n) is 25.4. The minimum Gasteiger partial charge on any atom is -0.477 e. The summed E-state index contributed by atoms with van der Waals surface area (Å²) in [7, 11) is 0. The first-order valence-corrected chi connectivity index (χ1v) is 16.5. The summed E-state index contributed by atoms with van der Waals surface area (Å²) in [5.41, 5.74) is 7.14. The van der Waals surface area contributed by atoms with Crippen LogP contribution in [0.2, 0.25) is 0 Å². The van der Waals surface area contributed by atoms with E-state index in [1.807, 2.05) is 85.7 Å². The van der Waals surface area contributed by atoms with E-state index in [0.29, 0.717) is 13.2 Å². The normalized spacial score (nSPS) is 16.9. The number of carbonyl (C=O) groups is 2. The number of pyridine rings is 1. The molecule has 4 aromatic heterocycles. The van der Waals surface area contributed by atoms with E-state index < -0.39 is 5.97 Å². The zero-order chi connectivity index (χ0) is 31.4. The number of aryl methyl sites for hydroxylation is 2. The summed E-state index contributed by atoms with van der Waals surface area (Å²) in [4.78, 5) is 38.9. The molecule has 0 aliphatic carbocycles. The van der Waals surface area contributed by atoms with Gasteiger partial charge in [0.05, 0.1) is 68.0 Å². The fraction of sp³-hybridized carbons (Fsp3) is 0.257. The van der Waals surface area contributed by atoms with Crippen LogP contribution in [0.5, 0.6) is 0 Å². The number of thiophene rings is 1. The Morgan fingerprint density at radius 3 is 2.38 bits per heavy atom. The van der Waals surface area contributed by atoms with Crippen molar-refractivity contribution in [2.45, 2.75) is 46.3 Å². The van der Waals surface area contributed by atoms with Crippen molar-refractivity contribution in [3.05, 3.63) is 82.3 Å². The summed E-state index contributed by atoms with van der Waals surface area (Å²) >= 11 is 2.88. The second-order valence-electron chi connectivity index (χ2n) is 11.6. The number of aromatic nitrogens is 3. The maximum absolute atomic E-state index is 14.0. The number of hydrogen-bond acceptors (Lipinski definition) is 7. The molecule has 2 atom stereocenters. The number of carboxylic acids is 1. The van der Waals surface area contributed by atoms with Crippen molar-refractivity contribution in [3.63, 3.8) is 0 Å². The minimum atomic E-state index is -0.982. The molecule has 45 heavy (non-hydrogen) atoms. The number of benzene rings is 2. The molecule has 1 N–H and O–H groups in total. The fourth-order valence-electron chi connectivity index (χ4n) is 6.45. The van der Waals surface area contributed by atoms with Crippen LogP contribution in [0.3, 0.4) is 0 Å². The second-order valence-corrected chi connectivity index (χ2v) is 13.8. The molecule has 0 saturated carbocycles. The molecule has 10 heteroatoms. The van der Waals surface area contributed by atoms with Crippen LogP contribution in [-0.4, -0.2) is 61.7 Å². The molecule has 2 unspecified atom stereocenters. The molecule has 1 aliphatic heterocycles. The Bertz CT molecular complexity index is 2090. The Balaban J connectivity index is 1.43. The Hall–Kier alpha value is -4.38. The average Bonchev–Trinajstić information content (AvgIpc) is 3.69. The molecule has 0 bridgehead atoms. The van der Waals surface area contributed by atoms with Gasteiger partial charge in [0.1, 0.15) is 11.4 Å². The quantitative estimate of drug-likeness (QED) is 0.202. The highest BCUT2D eigenvalue weighted by atomic mass is 32.1. The van der Waals surface area contributed by atoms with Gasteiger partial charge in [0.15, 0.2) is 0 Å². The smallest absolute Gasteiger partial charge is 0.345 e. The Labute approximate surface area is 268 Å². The van der Waals surface area contributed by atoms with Crippen LogP contribution in [0.1, 0.15) is 34.2 Å². The number of amides is 1. The molecule has 5 heterocycles. The molecule has 0 spiro atoms. The number of aromatic carboxylic acids is 1. The van der Waals surface area contributed by atoms with Crippen LogP contribution >= 0.6 is 22.7 Å². The molecular weight excluding hydrogens is 605 g/mol. The molecule has 0 radical (unpaired) electrons. The van der Waals surface area contributed by atoms with Crippen LogP contribution in [-0.2, 0) is 16.1 Å². The largest absolute Gasteiger partial charge is 0.477 e. The van der Waals surface area contributed by atoms with Crippen molar-refractivity contribution in [1.82, 2.24) is 19.4 Å². The van der Waals surface area contributed by atoms with E-state index in [4.69, 9.17) is 9.72 Å². The third-order valence-electron chi connectivity index (χ3n) is 8.36. The molecule has 1 amide bonds. The third-order valence-corrected chi connectivity index (χ3v) is 10.6. The summed E-state index contributed by atoms with van der Waals surface area (Å²) in [6.07, 6.45) is 0. The van der Waals surface area contributed by atoms with Crippen LogP contribution in [0.4, 0.5) is 0 Å². The van der Waals surface area contributed by atoms with E-state index in [2.05, 4.69) is 17.1 Å². The van der Waals surface area contributed by atoms with E-state index >= 15 is 0 Å². The van der Waals surface area contributed by atoms with Crippen molar-refractivity contribution in [2.75, 3.05) is 13.2 Å². The fourth-order valence-corrected chi connectivity index (χ4v) is 8.41. The molecule has 7 rings (SSSR count). The third kappa shape index (κ3) is 5.22. The SMILES string of the molecule is Cc1nc(C)c(-c2ccc3cc(-c4c(-c5ccccc5)c5sc(C(=O)O)cc5n4CC(=O)N4C(C)COCC4C)ccc3n2)s1. The molecule has 8 nitrogen and oxygen atoms in total. The van der Waals surface area contributed by atoms with Gasteiger partial charge in [0.2, 0.25) is 5.91 Å². The average molecular weight is 637 g/mol. The van der Waals surface area contributed by atoms with E-state index in [1.165, 1.54) is 11.3 Å². The lowest BCUT2D eigenvalue weighted by molar-refractivity contribution is -0.144. The Morgan fingerprint density at radius 1 is 0.933 bits per heavy atom. The van der Waals surface area contributed by atoms with E-state index in [-0.39, 0.29) is 29.4 Å². The van der Waals surface area contributed by atoms with Gasteiger partial charge in [-0.25, -0.2) is 14.8 Å². The second kappa shape index (κ2) is 11.5. The number of carboxylic acid groups (broad SMARTS) is 1. The lowest BCUT2D eigenvalue weighted by Gasteiger charge is -2.39. The van der Waals surface area contributed by atoms with Gasteiger partial charge < -0.3 is 19.3 Å². The van der Waals surface area contributed by atoms with Crippen molar-refractivity contribution >= 4 is 55.7 Å². The number of morpholine rings is 1. The maximum Gasteiger partial charge on any atom is 0.345 e. The van der Waals surface area contributed by atoms with Gasteiger partial charge in [-0.05, 0) is 63.1 Å². The zero-order valence-corrected chi connectivity index (χ0v) is 27.0. The number of fused-ring (bicyclic) bond motifs is 2. The van der Waals surface area contributed by atoms with Gasteiger partial charge in [-0.3, -0.25) is 4.79 Å².